The average Bonchev–Trinajstić information content (AvgIpc) is 3.14. The Bertz CT molecular complexity index is 1290. The van der Waals surface area contributed by atoms with Crippen molar-refractivity contribution in [3.05, 3.63) is 85.3 Å². The maximum Gasteiger partial charge on any atom is 0.266 e. The molecule has 0 aliphatic rings. The van der Waals surface area contributed by atoms with Gasteiger partial charge < -0.3 is 0 Å². The van der Waals surface area contributed by atoms with E-state index in [9.17, 15) is 9.59 Å². The maximum atomic E-state index is 13.3. The molecule has 0 atom stereocenters. The van der Waals surface area contributed by atoms with Crippen molar-refractivity contribution in [1.82, 2.24) is 9.55 Å². The van der Waals surface area contributed by atoms with Crippen LogP contribution in [0.2, 0.25) is 4.34 Å². The van der Waals surface area contributed by atoms with Crippen molar-refractivity contribution >= 4 is 51.4 Å². The second-order valence-electron chi connectivity index (χ2n) is 6.66. The Hall–Kier alpha value is -2.41. The molecule has 0 bridgehead atoms. The van der Waals surface area contributed by atoms with Crippen LogP contribution in [-0.4, -0.2) is 21.1 Å². The molecule has 0 amide bonds. The maximum absolute atomic E-state index is 13.3. The lowest BCUT2D eigenvalue weighted by atomic mass is 10.1. The lowest BCUT2D eigenvalue weighted by Gasteiger charge is -2.15. The zero-order valence-electron chi connectivity index (χ0n) is 15.8. The fraction of sp³-hybridized carbons (Fsp3) is 0.136. The fourth-order valence-corrected chi connectivity index (χ4v) is 5.10. The van der Waals surface area contributed by atoms with E-state index in [4.69, 9.17) is 16.6 Å². The first-order valence-electron chi connectivity index (χ1n) is 8.95. The number of carbonyl (C=O) groups excluding carboxylic acids is 1. The van der Waals surface area contributed by atoms with Gasteiger partial charge in [0, 0.05) is 0 Å². The number of thiophene rings is 1. The molecule has 4 aromatic rings. The minimum atomic E-state index is -0.142. The van der Waals surface area contributed by atoms with Crippen LogP contribution in [0.25, 0.3) is 16.6 Å². The van der Waals surface area contributed by atoms with Crippen LogP contribution < -0.4 is 5.56 Å². The number of hydrogen-bond acceptors (Lipinski definition) is 5. The summed E-state index contributed by atoms with van der Waals surface area (Å²) in [4.78, 5) is 31.2. The molecule has 4 nitrogen and oxygen atoms in total. The Morgan fingerprint density at radius 2 is 1.93 bits per heavy atom. The predicted octanol–water partition coefficient (Wildman–Crippen LogP) is 5.69. The topological polar surface area (TPSA) is 52.0 Å². The number of aromatic nitrogens is 2. The molecule has 29 heavy (non-hydrogen) atoms. The average molecular weight is 441 g/mol. The largest absolute Gasteiger partial charge is 0.292 e. The van der Waals surface area contributed by atoms with Gasteiger partial charge >= 0.3 is 0 Å². The molecule has 0 aliphatic heterocycles. The number of nitrogens with zero attached hydrogens (tertiary/aromatic N) is 2. The summed E-state index contributed by atoms with van der Waals surface area (Å²) in [5.74, 6) is 0.133. The minimum absolute atomic E-state index is 0.0403. The standard InChI is InChI=1S/C22H17ClN2O2S2/c1-13-7-8-17(14(2)11-13)25-21(27)15-5-3-4-6-16(15)24-22(25)28-12-18(26)19-9-10-20(23)29-19/h3-11H,12H2,1-2H3. The zero-order valence-corrected chi connectivity index (χ0v) is 18.2. The van der Waals surface area contributed by atoms with Crippen LogP contribution in [0, 0.1) is 13.8 Å². The van der Waals surface area contributed by atoms with Crippen LogP contribution in [0.5, 0.6) is 0 Å². The summed E-state index contributed by atoms with van der Waals surface area (Å²) in [7, 11) is 0. The van der Waals surface area contributed by atoms with E-state index in [1.54, 1.807) is 22.8 Å². The molecule has 2 aromatic carbocycles. The number of ketones is 1. The molecular formula is C22H17ClN2O2S2. The molecule has 7 heteroatoms. The van der Waals surface area contributed by atoms with Gasteiger partial charge in [-0.25, -0.2) is 4.98 Å². The van der Waals surface area contributed by atoms with Gasteiger partial charge in [-0.2, -0.15) is 0 Å². The molecule has 0 spiro atoms. The highest BCUT2D eigenvalue weighted by atomic mass is 35.5. The van der Waals surface area contributed by atoms with Crippen molar-refractivity contribution in [3.63, 3.8) is 0 Å². The van der Waals surface area contributed by atoms with Gasteiger partial charge in [0.25, 0.3) is 5.56 Å². The van der Waals surface area contributed by atoms with Crippen LogP contribution in [-0.2, 0) is 0 Å². The van der Waals surface area contributed by atoms with Crippen LogP contribution in [0.1, 0.15) is 20.8 Å². The third kappa shape index (κ3) is 4.01. The van der Waals surface area contributed by atoms with Gasteiger partial charge in [-0.05, 0) is 49.7 Å². The summed E-state index contributed by atoms with van der Waals surface area (Å²) >= 11 is 8.46. The van der Waals surface area contributed by atoms with Crippen molar-refractivity contribution in [3.8, 4) is 5.69 Å². The second kappa shape index (κ2) is 8.14. The van der Waals surface area contributed by atoms with E-state index in [-0.39, 0.29) is 17.1 Å². The van der Waals surface area contributed by atoms with Crippen molar-refractivity contribution in [2.75, 3.05) is 5.75 Å². The van der Waals surface area contributed by atoms with Gasteiger partial charge in [-0.3, -0.25) is 14.2 Å². The fourth-order valence-electron chi connectivity index (χ4n) is 3.14. The van der Waals surface area contributed by atoms with E-state index in [1.807, 2.05) is 50.2 Å². The number of halogens is 1. The van der Waals surface area contributed by atoms with Crippen LogP contribution in [0.3, 0.4) is 0 Å². The summed E-state index contributed by atoms with van der Waals surface area (Å²) in [6.45, 7) is 3.98. The smallest absolute Gasteiger partial charge is 0.266 e. The van der Waals surface area contributed by atoms with E-state index in [0.717, 1.165) is 16.8 Å². The van der Waals surface area contributed by atoms with Crippen LogP contribution in [0.15, 0.2) is 64.5 Å². The lowest BCUT2D eigenvalue weighted by molar-refractivity contribution is 0.102. The molecule has 0 fully saturated rings. The summed E-state index contributed by atoms with van der Waals surface area (Å²) in [5, 5.41) is 1.05. The highest BCUT2D eigenvalue weighted by molar-refractivity contribution is 7.99. The molecular weight excluding hydrogens is 424 g/mol. The lowest BCUT2D eigenvalue weighted by Crippen LogP contribution is -2.23. The third-order valence-electron chi connectivity index (χ3n) is 4.52. The van der Waals surface area contributed by atoms with Gasteiger partial charge in [0.05, 0.1) is 31.6 Å². The van der Waals surface area contributed by atoms with Gasteiger partial charge in [-0.15, -0.1) is 11.3 Å². The molecule has 0 saturated carbocycles. The Morgan fingerprint density at radius 1 is 1.14 bits per heavy atom. The van der Waals surface area contributed by atoms with E-state index in [1.165, 1.54) is 23.1 Å². The minimum Gasteiger partial charge on any atom is -0.292 e. The summed E-state index contributed by atoms with van der Waals surface area (Å²) < 4.78 is 2.19. The Morgan fingerprint density at radius 3 is 2.66 bits per heavy atom. The van der Waals surface area contributed by atoms with Crippen molar-refractivity contribution in [2.45, 2.75) is 19.0 Å². The molecule has 146 valence electrons. The predicted molar refractivity (Wildman–Crippen MR) is 121 cm³/mol. The number of hydrogen-bond donors (Lipinski definition) is 0. The van der Waals surface area contributed by atoms with E-state index >= 15 is 0 Å². The quantitative estimate of drug-likeness (QED) is 0.227. The monoisotopic (exact) mass is 440 g/mol. The number of benzene rings is 2. The molecule has 0 unspecified atom stereocenters. The van der Waals surface area contributed by atoms with Crippen molar-refractivity contribution in [2.24, 2.45) is 0 Å². The number of aryl methyl sites for hydroxylation is 2. The number of Topliss-reactive ketones (excluding diaryl/α,β-unsaturated/α-hetero) is 1. The van der Waals surface area contributed by atoms with E-state index in [0.29, 0.717) is 25.3 Å². The van der Waals surface area contributed by atoms with Crippen LogP contribution in [0.4, 0.5) is 0 Å². The Kier molecular flexibility index (Phi) is 5.58. The highest BCUT2D eigenvalue weighted by Crippen LogP contribution is 2.27. The zero-order chi connectivity index (χ0) is 20.5. The Balaban J connectivity index is 1.81. The molecule has 0 N–H and O–H groups in total. The summed E-state index contributed by atoms with van der Waals surface area (Å²) in [5.41, 5.74) is 3.34. The summed E-state index contributed by atoms with van der Waals surface area (Å²) in [6, 6.07) is 16.6. The number of para-hydroxylation sites is 1. The van der Waals surface area contributed by atoms with Crippen molar-refractivity contribution < 1.29 is 4.79 Å². The molecule has 0 aliphatic carbocycles. The van der Waals surface area contributed by atoms with Gasteiger partial charge in [0.2, 0.25) is 0 Å². The first-order valence-corrected chi connectivity index (χ1v) is 11.1. The van der Waals surface area contributed by atoms with Gasteiger partial charge in [-0.1, -0.05) is 53.2 Å². The number of rotatable bonds is 5. The summed E-state index contributed by atoms with van der Waals surface area (Å²) in [6.07, 6.45) is 0. The number of fused-ring (bicyclic) bond motifs is 1. The first-order chi connectivity index (χ1) is 13.9. The normalized spacial score (nSPS) is 11.1. The SMILES string of the molecule is Cc1ccc(-n2c(SCC(=O)c3ccc(Cl)s3)nc3ccccc3c2=O)c(C)c1. The van der Waals surface area contributed by atoms with E-state index < -0.39 is 0 Å². The van der Waals surface area contributed by atoms with Crippen LogP contribution >= 0.6 is 34.7 Å². The van der Waals surface area contributed by atoms with Gasteiger partial charge in [0.15, 0.2) is 10.9 Å². The highest BCUT2D eigenvalue weighted by Gasteiger charge is 2.17. The van der Waals surface area contributed by atoms with E-state index in [2.05, 4.69) is 0 Å². The second-order valence-corrected chi connectivity index (χ2v) is 9.32. The number of thioether (sulfide) groups is 1. The molecule has 4 rings (SSSR count). The molecule has 0 radical (unpaired) electrons. The molecule has 0 saturated heterocycles. The molecule has 2 aromatic heterocycles. The third-order valence-corrected chi connectivity index (χ3v) is 6.73. The first kappa shape index (κ1) is 19.9. The van der Waals surface area contributed by atoms with Gasteiger partial charge in [0.1, 0.15) is 0 Å². The van der Waals surface area contributed by atoms with Crippen molar-refractivity contribution in [1.29, 1.82) is 0 Å². The number of carbonyl (C=O) groups is 1. The Labute approximate surface area is 181 Å². The molecule has 2 heterocycles.